The van der Waals surface area contributed by atoms with E-state index in [4.69, 9.17) is 9.63 Å². The van der Waals surface area contributed by atoms with Crippen molar-refractivity contribution in [1.82, 2.24) is 5.16 Å². The van der Waals surface area contributed by atoms with Gasteiger partial charge in [0.15, 0.2) is 15.6 Å². The Labute approximate surface area is 124 Å². The highest BCUT2D eigenvalue weighted by Crippen LogP contribution is 2.20. The maximum Gasteiger partial charge on any atom is 0.167 e. The molecule has 0 fully saturated rings. The minimum absolute atomic E-state index is 0.101. The molecule has 0 spiro atoms. The van der Waals surface area contributed by atoms with E-state index >= 15 is 0 Å². The van der Waals surface area contributed by atoms with Gasteiger partial charge >= 0.3 is 0 Å². The number of nitrogens with zero attached hydrogens (tertiary/aromatic N) is 1. The highest BCUT2D eigenvalue weighted by molar-refractivity contribution is 7.90. The first kappa shape index (κ1) is 15.7. The lowest BCUT2D eigenvalue weighted by Crippen LogP contribution is -2.09. The van der Waals surface area contributed by atoms with Crippen LogP contribution < -0.4 is 0 Å². The van der Waals surface area contributed by atoms with Crippen molar-refractivity contribution in [3.05, 3.63) is 42.1 Å². The summed E-state index contributed by atoms with van der Waals surface area (Å²) in [5.74, 6) is 0.573. The van der Waals surface area contributed by atoms with E-state index in [1.807, 2.05) is 30.3 Å². The number of rotatable bonds is 8. The van der Waals surface area contributed by atoms with Crippen molar-refractivity contribution < 1.29 is 18.0 Å². The van der Waals surface area contributed by atoms with Gasteiger partial charge in [0.1, 0.15) is 0 Å². The Hall–Kier alpha value is -1.66. The molecular formula is C15H19NO4S. The van der Waals surface area contributed by atoms with Gasteiger partial charge in [-0.25, -0.2) is 8.42 Å². The Kier molecular flexibility index (Phi) is 5.52. The fourth-order valence-electron chi connectivity index (χ4n) is 2.03. The van der Waals surface area contributed by atoms with E-state index < -0.39 is 9.84 Å². The third-order valence-corrected chi connectivity index (χ3v) is 4.74. The van der Waals surface area contributed by atoms with Gasteiger partial charge in [-0.2, -0.15) is 0 Å². The Bertz CT molecular complexity index is 649. The van der Waals surface area contributed by atoms with Gasteiger partial charge in [-0.3, -0.25) is 0 Å². The van der Waals surface area contributed by atoms with E-state index in [9.17, 15) is 8.42 Å². The molecule has 2 aromatic rings. The molecule has 5 nitrogen and oxygen atoms in total. The zero-order valence-electron chi connectivity index (χ0n) is 11.7. The molecule has 114 valence electrons. The van der Waals surface area contributed by atoms with Gasteiger partial charge in [0.25, 0.3) is 0 Å². The van der Waals surface area contributed by atoms with Crippen molar-refractivity contribution in [3.63, 3.8) is 0 Å². The smallest absolute Gasteiger partial charge is 0.167 e. The highest BCUT2D eigenvalue weighted by atomic mass is 32.2. The third kappa shape index (κ3) is 4.99. The second-order valence-electron chi connectivity index (χ2n) is 4.92. The van der Waals surface area contributed by atoms with Crippen molar-refractivity contribution in [2.24, 2.45) is 0 Å². The molecule has 1 aromatic heterocycles. The normalized spacial score (nSPS) is 11.7. The summed E-state index contributed by atoms with van der Waals surface area (Å²) in [6, 6.07) is 11.1. The fraction of sp³-hybridized carbons (Fsp3) is 0.400. The van der Waals surface area contributed by atoms with E-state index in [2.05, 4.69) is 5.16 Å². The molecular weight excluding hydrogens is 290 g/mol. The number of aromatic nitrogens is 1. The lowest BCUT2D eigenvalue weighted by atomic mass is 10.2. The number of aliphatic hydroxyl groups excluding tert-OH is 1. The topological polar surface area (TPSA) is 80.4 Å². The lowest BCUT2D eigenvalue weighted by Gasteiger charge is -2.01. The largest absolute Gasteiger partial charge is 0.396 e. The van der Waals surface area contributed by atoms with Crippen LogP contribution in [0.25, 0.3) is 11.3 Å². The molecule has 0 unspecified atom stereocenters. The summed E-state index contributed by atoms with van der Waals surface area (Å²) < 4.78 is 29.1. The van der Waals surface area contributed by atoms with Crippen molar-refractivity contribution in [2.75, 3.05) is 12.4 Å². The number of aliphatic hydroxyl groups is 1. The monoisotopic (exact) mass is 309 g/mol. The van der Waals surface area contributed by atoms with Crippen LogP contribution in [-0.4, -0.2) is 31.0 Å². The third-order valence-electron chi connectivity index (χ3n) is 3.10. The van der Waals surface area contributed by atoms with E-state index in [1.165, 1.54) is 0 Å². The maximum atomic E-state index is 12.0. The number of benzene rings is 1. The van der Waals surface area contributed by atoms with Crippen molar-refractivity contribution >= 4 is 9.84 Å². The average Bonchev–Trinajstić information content (AvgIpc) is 2.92. The standard InChI is InChI=1S/C15H19NO4S/c17-9-5-2-6-10-21(18,19)12-14-11-15(20-16-14)13-7-3-1-4-8-13/h1,3-4,7-8,11,17H,2,5-6,9-10,12H2. The predicted molar refractivity (Wildman–Crippen MR) is 80.4 cm³/mol. The summed E-state index contributed by atoms with van der Waals surface area (Å²) in [5.41, 5.74) is 1.30. The summed E-state index contributed by atoms with van der Waals surface area (Å²) in [6.07, 6.45) is 1.91. The first-order valence-corrected chi connectivity index (χ1v) is 8.75. The van der Waals surface area contributed by atoms with Gasteiger partial charge < -0.3 is 9.63 Å². The van der Waals surface area contributed by atoms with Crippen LogP contribution in [0.15, 0.2) is 40.9 Å². The second kappa shape index (κ2) is 7.38. The summed E-state index contributed by atoms with van der Waals surface area (Å²) in [7, 11) is -3.19. The van der Waals surface area contributed by atoms with Crippen molar-refractivity contribution in [1.29, 1.82) is 0 Å². The molecule has 0 aliphatic heterocycles. The van der Waals surface area contributed by atoms with Crippen LogP contribution in [0.4, 0.5) is 0 Å². The first-order valence-electron chi connectivity index (χ1n) is 6.93. The molecule has 21 heavy (non-hydrogen) atoms. The maximum absolute atomic E-state index is 12.0. The minimum Gasteiger partial charge on any atom is -0.396 e. The van der Waals surface area contributed by atoms with Gasteiger partial charge in [-0.15, -0.1) is 0 Å². The van der Waals surface area contributed by atoms with Crippen LogP contribution in [0.1, 0.15) is 25.0 Å². The zero-order valence-corrected chi connectivity index (χ0v) is 12.6. The average molecular weight is 309 g/mol. The molecule has 0 bridgehead atoms. The van der Waals surface area contributed by atoms with Crippen LogP contribution in [0, 0.1) is 0 Å². The molecule has 1 aromatic carbocycles. The van der Waals surface area contributed by atoms with Gasteiger partial charge in [-0.05, 0) is 12.8 Å². The molecule has 1 N–H and O–H groups in total. The Morgan fingerprint density at radius 1 is 1.10 bits per heavy atom. The van der Waals surface area contributed by atoms with Crippen LogP contribution in [0.5, 0.6) is 0 Å². The van der Waals surface area contributed by atoms with E-state index in [0.29, 0.717) is 30.7 Å². The van der Waals surface area contributed by atoms with Crippen molar-refractivity contribution in [2.45, 2.75) is 25.0 Å². The van der Waals surface area contributed by atoms with Crippen LogP contribution >= 0.6 is 0 Å². The molecule has 0 radical (unpaired) electrons. The van der Waals surface area contributed by atoms with Crippen LogP contribution in [0.3, 0.4) is 0 Å². The minimum atomic E-state index is -3.19. The molecule has 0 atom stereocenters. The summed E-state index contributed by atoms with van der Waals surface area (Å²) >= 11 is 0. The molecule has 0 saturated carbocycles. The van der Waals surface area contributed by atoms with Crippen molar-refractivity contribution in [3.8, 4) is 11.3 Å². The fourth-order valence-corrected chi connectivity index (χ4v) is 3.40. The number of sulfone groups is 1. The molecule has 2 rings (SSSR count). The SMILES string of the molecule is O=S(=O)(CCCCCO)Cc1cc(-c2ccccc2)on1. The molecule has 0 saturated heterocycles. The van der Waals surface area contributed by atoms with E-state index in [0.717, 1.165) is 5.56 Å². The zero-order chi connectivity index (χ0) is 15.1. The molecule has 1 heterocycles. The highest BCUT2D eigenvalue weighted by Gasteiger charge is 2.15. The van der Waals surface area contributed by atoms with Crippen LogP contribution in [-0.2, 0) is 15.6 Å². The Morgan fingerprint density at radius 3 is 2.57 bits per heavy atom. The molecule has 0 aliphatic rings. The van der Waals surface area contributed by atoms with Crippen LogP contribution in [0.2, 0.25) is 0 Å². The Morgan fingerprint density at radius 2 is 1.86 bits per heavy atom. The molecule has 6 heteroatoms. The van der Waals surface area contributed by atoms with E-state index in [-0.39, 0.29) is 18.1 Å². The second-order valence-corrected chi connectivity index (χ2v) is 7.11. The number of hydrogen-bond acceptors (Lipinski definition) is 5. The quantitative estimate of drug-likeness (QED) is 0.757. The lowest BCUT2D eigenvalue weighted by molar-refractivity contribution is 0.284. The molecule has 0 amide bonds. The predicted octanol–water partition coefficient (Wildman–Crippen LogP) is 2.42. The summed E-state index contributed by atoms with van der Waals surface area (Å²) in [5, 5.41) is 12.5. The van der Waals surface area contributed by atoms with Gasteiger partial charge in [0.2, 0.25) is 0 Å². The first-order chi connectivity index (χ1) is 10.1. The van der Waals surface area contributed by atoms with Gasteiger partial charge in [-0.1, -0.05) is 41.9 Å². The number of unbranched alkanes of at least 4 members (excludes halogenated alkanes) is 2. The summed E-state index contributed by atoms with van der Waals surface area (Å²) in [6.45, 7) is 0.101. The van der Waals surface area contributed by atoms with Gasteiger partial charge in [0.05, 0.1) is 17.2 Å². The Balaban J connectivity index is 1.96. The molecule has 0 aliphatic carbocycles. The number of hydrogen-bond donors (Lipinski definition) is 1. The van der Waals surface area contributed by atoms with Gasteiger partial charge in [0, 0.05) is 18.2 Å². The van der Waals surface area contributed by atoms with E-state index in [1.54, 1.807) is 6.07 Å². The summed E-state index contributed by atoms with van der Waals surface area (Å²) in [4.78, 5) is 0.